The third-order valence-corrected chi connectivity index (χ3v) is 9.39. The summed E-state index contributed by atoms with van der Waals surface area (Å²) < 4.78 is 14.0. The molecule has 0 unspecified atom stereocenters. The number of aromatic carboxylic acids is 1. The Labute approximate surface area is 255 Å². The molecular weight excluding hydrogens is 591 g/mol. The molecule has 2 N–H and O–H groups in total. The van der Waals surface area contributed by atoms with Crippen molar-refractivity contribution in [2.24, 2.45) is 0 Å². The summed E-state index contributed by atoms with van der Waals surface area (Å²) >= 11 is 12.4. The van der Waals surface area contributed by atoms with Gasteiger partial charge in [0.05, 0.1) is 39.5 Å². The first-order valence-corrected chi connectivity index (χ1v) is 15.2. The summed E-state index contributed by atoms with van der Waals surface area (Å²) in [6.45, 7) is 3.30. The third-order valence-electron chi connectivity index (χ3n) is 8.17. The van der Waals surface area contributed by atoms with E-state index in [9.17, 15) is 9.90 Å². The number of halogens is 2. The Balaban J connectivity index is 1.16. The van der Waals surface area contributed by atoms with Crippen LogP contribution in [-0.4, -0.2) is 60.0 Å². The number of carbonyl (C=O) groups is 1. The molecule has 3 aromatic carbocycles. The van der Waals surface area contributed by atoms with Crippen LogP contribution in [0.5, 0.6) is 5.75 Å². The van der Waals surface area contributed by atoms with Crippen LogP contribution in [0, 0.1) is 0 Å². The number of carboxylic acid groups (broad SMARTS) is 1. The minimum absolute atomic E-state index is 0.00838. The first-order valence-electron chi connectivity index (χ1n) is 13.8. The average molecular weight is 619 g/mol. The number of benzene rings is 3. The predicted octanol–water partition coefficient (Wildman–Crippen LogP) is 6.12. The number of ether oxygens (including phenoxy) is 2. The summed E-state index contributed by atoms with van der Waals surface area (Å²) in [5, 5.41) is 11.9. The molecule has 11 heteroatoms. The van der Waals surface area contributed by atoms with Crippen molar-refractivity contribution in [3.05, 3.63) is 92.9 Å². The monoisotopic (exact) mass is 617 g/mol. The number of nitrogens with one attached hydrogen (secondary N) is 1. The molecule has 2 aliphatic heterocycles. The molecule has 3 radical (unpaired) electrons. The number of hydrogen-bond donors (Lipinski definition) is 2. The zero-order chi connectivity index (χ0) is 29.0. The zero-order valence-corrected chi connectivity index (χ0v) is 25.1. The van der Waals surface area contributed by atoms with Crippen molar-refractivity contribution in [2.75, 3.05) is 13.2 Å². The van der Waals surface area contributed by atoms with Crippen LogP contribution >= 0.6 is 23.2 Å². The Morgan fingerprint density at radius 1 is 1.19 bits per heavy atom. The van der Waals surface area contributed by atoms with E-state index in [2.05, 4.69) is 36.8 Å². The lowest BCUT2D eigenvalue weighted by Crippen LogP contribution is -2.38. The molecule has 7 rings (SSSR count). The van der Waals surface area contributed by atoms with Crippen molar-refractivity contribution >= 4 is 61.3 Å². The molecule has 0 bridgehead atoms. The molecule has 213 valence electrons. The van der Waals surface area contributed by atoms with Gasteiger partial charge in [0, 0.05) is 64.0 Å². The Hall–Kier alpha value is -3.34. The average Bonchev–Trinajstić information content (AvgIpc) is 3.48. The van der Waals surface area contributed by atoms with Crippen LogP contribution in [0.4, 0.5) is 0 Å². The van der Waals surface area contributed by atoms with E-state index in [1.54, 1.807) is 24.3 Å². The number of nitrogens with zero attached hydrogens (tertiary/aromatic N) is 3. The highest BCUT2D eigenvalue weighted by molar-refractivity contribution is 6.35. The highest BCUT2D eigenvalue weighted by atomic mass is 35.5. The van der Waals surface area contributed by atoms with Gasteiger partial charge < -0.3 is 24.1 Å². The van der Waals surface area contributed by atoms with Gasteiger partial charge in [-0.25, -0.2) is 9.78 Å². The smallest absolute Gasteiger partial charge is 0.335 e. The number of fused-ring (bicyclic) bond motifs is 4. The molecule has 1 saturated heterocycles. The summed E-state index contributed by atoms with van der Waals surface area (Å²) in [6, 6.07) is 16.6. The van der Waals surface area contributed by atoms with Gasteiger partial charge in [0.2, 0.25) is 0 Å². The number of aromatic amines is 1. The Morgan fingerprint density at radius 2 is 2.05 bits per heavy atom. The molecule has 0 spiro atoms. The second-order valence-corrected chi connectivity index (χ2v) is 12.3. The molecule has 0 amide bonds. The summed E-state index contributed by atoms with van der Waals surface area (Å²) in [6.07, 6.45) is 1.82. The normalized spacial score (nSPS) is 17.7. The van der Waals surface area contributed by atoms with Crippen molar-refractivity contribution in [3.8, 4) is 5.75 Å². The number of H-pyrrole nitrogens is 1. The van der Waals surface area contributed by atoms with Crippen molar-refractivity contribution in [1.29, 1.82) is 0 Å². The van der Waals surface area contributed by atoms with Gasteiger partial charge in [0.1, 0.15) is 18.2 Å². The highest BCUT2D eigenvalue weighted by Crippen LogP contribution is 2.33. The number of imidazole rings is 1. The van der Waals surface area contributed by atoms with Crippen molar-refractivity contribution in [3.63, 3.8) is 0 Å². The minimum Gasteiger partial charge on any atom is -0.489 e. The molecule has 42 heavy (non-hydrogen) atoms. The van der Waals surface area contributed by atoms with Crippen LogP contribution in [0.3, 0.4) is 0 Å². The Bertz CT molecular complexity index is 1830. The van der Waals surface area contributed by atoms with E-state index in [0.717, 1.165) is 71.6 Å². The van der Waals surface area contributed by atoms with Crippen LogP contribution in [0.1, 0.15) is 45.1 Å². The Kier molecular flexibility index (Phi) is 7.23. The van der Waals surface area contributed by atoms with Gasteiger partial charge in [-0.3, -0.25) is 4.90 Å². The van der Waals surface area contributed by atoms with Gasteiger partial charge in [-0.1, -0.05) is 29.3 Å². The third kappa shape index (κ3) is 5.09. The standard InChI is InChI=1S/C31H27Cl2N4O4Si/c32-19-3-1-18(23(33)12-19)16-41-20-4-6-24-21(13-20)22-14-36(9-7-25(22)34-24)15-29-35-26-5-2-17(31(38)39)11-27(26)37(29)30(42)28-8-10-40-28/h1-6,11-13,28,30,34H,7-10,14-16H2,(H,38,39)/t28-,30+/m0/s1. The van der Waals surface area contributed by atoms with Gasteiger partial charge >= 0.3 is 5.97 Å². The number of hydrogen-bond acceptors (Lipinski definition) is 5. The fourth-order valence-electron chi connectivity index (χ4n) is 5.84. The molecule has 4 heterocycles. The lowest BCUT2D eigenvalue weighted by atomic mass is 10.0. The predicted molar refractivity (Wildman–Crippen MR) is 163 cm³/mol. The first-order chi connectivity index (χ1) is 20.3. The minimum atomic E-state index is -0.959. The van der Waals surface area contributed by atoms with Crippen LogP contribution in [0.2, 0.25) is 10.0 Å². The van der Waals surface area contributed by atoms with E-state index in [1.165, 1.54) is 11.3 Å². The number of rotatable bonds is 8. The molecule has 0 saturated carbocycles. The van der Waals surface area contributed by atoms with Crippen LogP contribution in [0.15, 0.2) is 54.6 Å². The molecule has 1 fully saturated rings. The van der Waals surface area contributed by atoms with Gasteiger partial charge in [-0.05, 0) is 60.5 Å². The van der Waals surface area contributed by atoms with Crippen LogP contribution < -0.4 is 4.74 Å². The number of carboxylic acids is 1. The largest absolute Gasteiger partial charge is 0.489 e. The van der Waals surface area contributed by atoms with Crippen LogP contribution in [-0.2, 0) is 30.9 Å². The molecule has 2 atom stereocenters. The lowest BCUT2D eigenvalue weighted by Gasteiger charge is -2.34. The quantitative estimate of drug-likeness (QED) is 0.204. The van der Waals surface area contributed by atoms with Crippen molar-refractivity contribution in [1.82, 2.24) is 19.4 Å². The maximum atomic E-state index is 11.7. The fraction of sp³-hybridized carbons (Fsp3) is 0.290. The first kappa shape index (κ1) is 27.5. The summed E-state index contributed by atoms with van der Waals surface area (Å²) in [5.74, 6) is 0.681. The zero-order valence-electron chi connectivity index (χ0n) is 22.6. The molecule has 8 nitrogen and oxygen atoms in total. The van der Waals surface area contributed by atoms with Gasteiger partial charge in [0.25, 0.3) is 0 Å². The Morgan fingerprint density at radius 3 is 2.81 bits per heavy atom. The maximum absolute atomic E-state index is 11.7. The lowest BCUT2D eigenvalue weighted by molar-refractivity contribution is -0.0632. The maximum Gasteiger partial charge on any atom is 0.335 e. The van der Waals surface area contributed by atoms with E-state index >= 15 is 0 Å². The van der Waals surface area contributed by atoms with Crippen LogP contribution in [0.25, 0.3) is 21.9 Å². The molecule has 5 aromatic rings. The van der Waals surface area contributed by atoms with E-state index < -0.39 is 5.97 Å². The van der Waals surface area contributed by atoms with E-state index in [-0.39, 0.29) is 17.3 Å². The van der Waals surface area contributed by atoms with Crippen molar-refractivity contribution < 1.29 is 19.4 Å². The van der Waals surface area contributed by atoms with E-state index in [4.69, 9.17) is 37.7 Å². The molecule has 2 aliphatic rings. The van der Waals surface area contributed by atoms with E-state index in [1.807, 2.05) is 18.2 Å². The molecular formula is C31H27Cl2N4O4Si. The summed E-state index contributed by atoms with van der Waals surface area (Å²) in [5.41, 5.74) is 6.08. The van der Waals surface area contributed by atoms with Gasteiger partial charge in [0.15, 0.2) is 0 Å². The van der Waals surface area contributed by atoms with Gasteiger partial charge in [-0.2, -0.15) is 0 Å². The topological polar surface area (TPSA) is 92.6 Å². The molecule has 0 aliphatic carbocycles. The number of aromatic nitrogens is 3. The highest BCUT2D eigenvalue weighted by Gasteiger charge is 2.30. The second-order valence-electron chi connectivity index (χ2n) is 10.8. The van der Waals surface area contributed by atoms with Gasteiger partial charge in [-0.15, -0.1) is 0 Å². The SMILES string of the molecule is O=C(O)c1ccc2nc(CN3CCc4[nH]c5ccc(OCc6ccc(Cl)cc6Cl)cc5c4C3)n([C@H]([Si])[C@@H]3CCO3)c2c1. The molecule has 2 aromatic heterocycles. The summed E-state index contributed by atoms with van der Waals surface area (Å²) in [7, 11) is 3.90. The van der Waals surface area contributed by atoms with E-state index in [0.29, 0.717) is 23.2 Å². The summed E-state index contributed by atoms with van der Waals surface area (Å²) in [4.78, 5) is 22.6. The van der Waals surface area contributed by atoms with Crippen molar-refractivity contribution in [2.45, 2.75) is 44.3 Å². The second kappa shape index (κ2) is 11.1. The fourth-order valence-corrected chi connectivity index (χ4v) is 6.85.